The van der Waals surface area contributed by atoms with Gasteiger partial charge in [0.1, 0.15) is 13.1 Å². The summed E-state index contributed by atoms with van der Waals surface area (Å²) >= 11 is 12.4. The van der Waals surface area contributed by atoms with Gasteiger partial charge in [-0.1, -0.05) is 23.2 Å². The zero-order valence-corrected chi connectivity index (χ0v) is 17.7. The molecule has 0 saturated carbocycles. The van der Waals surface area contributed by atoms with E-state index in [0.717, 1.165) is 18.8 Å². The van der Waals surface area contributed by atoms with Crippen molar-refractivity contribution in [1.29, 1.82) is 0 Å². The maximum Gasteiger partial charge on any atom is 0.251 e. The number of nitrogens with one attached hydrogen (secondary N) is 2. The maximum absolute atomic E-state index is 12.6. The number of halogens is 3. The topological polar surface area (TPSA) is 65.1 Å². The molecule has 0 spiro atoms. The standard InChI is InChI=1S/C19H22Cl2N2O4.ClH/c1-2-26-18-14(20)10-13(11-15(18)21)19(24)22-12-16(17-4-3-7-27-17)23-5-8-25-9-6-23;/h3-4,7,10-11,16H,2,5-6,8-9,12H2,1H3,(H,22,24);1H. The number of hydrogen-bond acceptors (Lipinski definition) is 4. The van der Waals surface area contributed by atoms with Crippen LogP contribution in [0.3, 0.4) is 0 Å². The third kappa shape index (κ3) is 5.55. The fourth-order valence-corrected chi connectivity index (χ4v) is 3.78. The van der Waals surface area contributed by atoms with Crippen molar-refractivity contribution in [2.45, 2.75) is 13.0 Å². The van der Waals surface area contributed by atoms with Gasteiger partial charge in [0.05, 0.1) is 42.7 Å². The van der Waals surface area contributed by atoms with Crippen molar-refractivity contribution in [3.63, 3.8) is 0 Å². The zero-order chi connectivity index (χ0) is 19.2. The van der Waals surface area contributed by atoms with Crippen molar-refractivity contribution in [2.24, 2.45) is 0 Å². The average molecular weight is 450 g/mol. The van der Waals surface area contributed by atoms with E-state index in [1.165, 1.54) is 4.90 Å². The lowest BCUT2D eigenvalue weighted by atomic mass is 10.1. The maximum atomic E-state index is 12.6. The Balaban J connectivity index is 0.00000280. The van der Waals surface area contributed by atoms with E-state index in [-0.39, 0.29) is 24.4 Å². The van der Waals surface area contributed by atoms with Gasteiger partial charge in [-0.05, 0) is 31.2 Å². The van der Waals surface area contributed by atoms with E-state index in [2.05, 4.69) is 5.32 Å². The van der Waals surface area contributed by atoms with Crippen LogP contribution in [0.15, 0.2) is 34.9 Å². The molecule has 2 heterocycles. The molecule has 28 heavy (non-hydrogen) atoms. The molecule has 1 atom stereocenters. The molecule has 1 aromatic carbocycles. The van der Waals surface area contributed by atoms with Crippen LogP contribution in [-0.4, -0.2) is 45.4 Å². The number of carbonyl (C=O) groups is 1. The molecule has 1 amide bonds. The molecule has 3 rings (SSSR count). The molecule has 1 unspecified atom stereocenters. The minimum atomic E-state index is -0.244. The number of morpholine rings is 1. The molecule has 0 aliphatic carbocycles. The summed E-state index contributed by atoms with van der Waals surface area (Å²) in [5.41, 5.74) is 0.392. The Morgan fingerprint density at radius 1 is 1.29 bits per heavy atom. The second kappa shape index (κ2) is 10.9. The van der Waals surface area contributed by atoms with E-state index in [1.807, 2.05) is 19.1 Å². The molecule has 6 nitrogen and oxygen atoms in total. The fourth-order valence-electron chi connectivity index (χ4n) is 3.19. The van der Waals surface area contributed by atoms with E-state index in [0.29, 0.717) is 47.7 Å². The van der Waals surface area contributed by atoms with Crippen LogP contribution in [0.25, 0.3) is 0 Å². The molecule has 1 fully saturated rings. The van der Waals surface area contributed by atoms with Crippen LogP contribution in [0.1, 0.15) is 29.1 Å². The van der Waals surface area contributed by atoms with Crippen LogP contribution in [0.2, 0.25) is 10.0 Å². The van der Waals surface area contributed by atoms with E-state index < -0.39 is 0 Å². The molecule has 0 radical (unpaired) electrons. The summed E-state index contributed by atoms with van der Waals surface area (Å²) in [4.78, 5) is 14.0. The highest BCUT2D eigenvalue weighted by Crippen LogP contribution is 2.34. The van der Waals surface area contributed by atoms with Crippen LogP contribution >= 0.6 is 23.2 Å². The number of amides is 1. The summed E-state index contributed by atoms with van der Waals surface area (Å²) in [5, 5.41) is 3.60. The Bertz CT molecular complexity index is 742. The predicted octanol–water partition coefficient (Wildman–Crippen LogP) is -0.625. The first-order valence-electron chi connectivity index (χ1n) is 8.96. The summed E-state index contributed by atoms with van der Waals surface area (Å²) in [7, 11) is 0. The number of ether oxygens (including phenoxy) is 2. The summed E-state index contributed by atoms with van der Waals surface area (Å²) in [6.45, 7) is 5.84. The highest BCUT2D eigenvalue weighted by atomic mass is 35.5. The SMILES string of the molecule is CCOc1c(Cl)cc(C(=O)NCC(c2ccco2)[NH+]2CCOCC2)cc1Cl.[Cl-]. The third-order valence-electron chi connectivity index (χ3n) is 4.53. The molecule has 154 valence electrons. The summed E-state index contributed by atoms with van der Waals surface area (Å²) in [6, 6.07) is 6.94. The van der Waals surface area contributed by atoms with Gasteiger partial charge >= 0.3 is 0 Å². The van der Waals surface area contributed by atoms with Crippen molar-refractivity contribution in [1.82, 2.24) is 5.32 Å². The highest BCUT2D eigenvalue weighted by Gasteiger charge is 2.29. The van der Waals surface area contributed by atoms with Gasteiger partial charge in [0.25, 0.3) is 5.91 Å². The highest BCUT2D eigenvalue weighted by molar-refractivity contribution is 6.37. The van der Waals surface area contributed by atoms with Gasteiger partial charge in [-0.15, -0.1) is 0 Å². The van der Waals surface area contributed by atoms with E-state index >= 15 is 0 Å². The van der Waals surface area contributed by atoms with Gasteiger partial charge in [0.2, 0.25) is 0 Å². The monoisotopic (exact) mass is 448 g/mol. The van der Waals surface area contributed by atoms with Crippen molar-refractivity contribution >= 4 is 29.1 Å². The molecular weight excluding hydrogens is 427 g/mol. The van der Waals surface area contributed by atoms with Crippen molar-refractivity contribution in [3.05, 3.63) is 51.9 Å². The minimum absolute atomic E-state index is 0. The van der Waals surface area contributed by atoms with E-state index in [4.69, 9.17) is 37.1 Å². The van der Waals surface area contributed by atoms with Crippen molar-refractivity contribution in [3.8, 4) is 5.75 Å². The average Bonchev–Trinajstić information content (AvgIpc) is 3.20. The lowest BCUT2D eigenvalue weighted by Crippen LogP contribution is -3.15. The lowest BCUT2D eigenvalue weighted by molar-refractivity contribution is -0.938. The number of hydrogen-bond donors (Lipinski definition) is 2. The number of carbonyl (C=O) groups excluding carboxylic acids is 1. The van der Waals surface area contributed by atoms with Gasteiger partial charge in [-0.25, -0.2) is 0 Å². The number of rotatable bonds is 7. The Morgan fingerprint density at radius 3 is 2.54 bits per heavy atom. The van der Waals surface area contributed by atoms with Crippen LogP contribution in [0, 0.1) is 0 Å². The summed E-state index contributed by atoms with van der Waals surface area (Å²) < 4.78 is 16.4. The van der Waals surface area contributed by atoms with Crippen LogP contribution in [0.4, 0.5) is 0 Å². The molecule has 2 N–H and O–H groups in total. The number of quaternary nitrogens is 1. The summed E-state index contributed by atoms with van der Waals surface area (Å²) in [6.07, 6.45) is 1.65. The smallest absolute Gasteiger partial charge is 0.251 e. The Kier molecular flexibility index (Phi) is 8.92. The molecule has 1 aliphatic heterocycles. The predicted molar refractivity (Wildman–Crippen MR) is 103 cm³/mol. The number of benzene rings is 1. The molecule has 1 saturated heterocycles. The largest absolute Gasteiger partial charge is 1.00 e. The fraction of sp³-hybridized carbons (Fsp3) is 0.421. The van der Waals surface area contributed by atoms with Gasteiger partial charge < -0.3 is 36.5 Å². The molecule has 2 aromatic rings. The first-order chi connectivity index (χ1) is 13.1. The molecular formula is C19H23Cl3N2O4. The Morgan fingerprint density at radius 2 is 1.96 bits per heavy atom. The molecule has 9 heteroatoms. The quantitative estimate of drug-likeness (QED) is 0.591. The Labute approximate surface area is 180 Å². The van der Waals surface area contributed by atoms with Gasteiger partial charge in [-0.3, -0.25) is 4.79 Å². The van der Waals surface area contributed by atoms with Crippen LogP contribution in [-0.2, 0) is 4.74 Å². The van der Waals surface area contributed by atoms with Crippen LogP contribution in [0.5, 0.6) is 5.75 Å². The normalized spacial score (nSPS) is 15.5. The molecule has 0 bridgehead atoms. The Hall–Kier alpha value is -1.44. The molecule has 1 aliphatic rings. The first-order valence-corrected chi connectivity index (χ1v) is 9.71. The van der Waals surface area contributed by atoms with E-state index in [1.54, 1.807) is 18.4 Å². The zero-order valence-electron chi connectivity index (χ0n) is 15.5. The second-order valence-electron chi connectivity index (χ2n) is 6.25. The van der Waals surface area contributed by atoms with Crippen molar-refractivity contribution < 1.29 is 36.0 Å². The van der Waals surface area contributed by atoms with Crippen molar-refractivity contribution in [2.75, 3.05) is 39.5 Å². The van der Waals surface area contributed by atoms with E-state index in [9.17, 15) is 4.79 Å². The van der Waals surface area contributed by atoms with Gasteiger partial charge in [-0.2, -0.15) is 0 Å². The second-order valence-corrected chi connectivity index (χ2v) is 7.07. The van der Waals surface area contributed by atoms with Gasteiger partial charge in [0, 0.05) is 5.56 Å². The summed E-state index contributed by atoms with van der Waals surface area (Å²) in [5.74, 6) is 0.990. The first kappa shape index (κ1) is 22.8. The minimum Gasteiger partial charge on any atom is -1.00 e. The molecule has 1 aromatic heterocycles. The van der Waals surface area contributed by atoms with Crippen LogP contribution < -0.4 is 27.4 Å². The number of furan rings is 1. The third-order valence-corrected chi connectivity index (χ3v) is 5.09. The van der Waals surface area contributed by atoms with Gasteiger partial charge in [0.15, 0.2) is 17.6 Å². The lowest BCUT2D eigenvalue weighted by Gasteiger charge is -2.30.